The first-order chi connectivity index (χ1) is 11.8. The molecule has 4 N–H and O–H groups in total. The number of anilines is 1. The summed E-state index contributed by atoms with van der Waals surface area (Å²) in [4.78, 5) is 23.7. The van der Waals surface area contributed by atoms with Crippen molar-refractivity contribution in [3.8, 4) is 0 Å². The van der Waals surface area contributed by atoms with E-state index in [9.17, 15) is 18.0 Å². The molecule has 0 heterocycles. The number of carbonyl (C=O) groups is 2. The summed E-state index contributed by atoms with van der Waals surface area (Å²) < 4.78 is 22.5. The fraction of sp³-hybridized carbons (Fsp3) is 0.0588. The molecule has 0 aromatic heterocycles. The molecule has 0 saturated heterocycles. The summed E-state index contributed by atoms with van der Waals surface area (Å²) >= 11 is 0. The summed E-state index contributed by atoms with van der Waals surface area (Å²) in [5.41, 5.74) is 1.17. The molecule has 0 bridgehead atoms. The van der Waals surface area contributed by atoms with E-state index in [-0.39, 0.29) is 16.5 Å². The van der Waals surface area contributed by atoms with E-state index in [1.807, 2.05) is 6.07 Å². The van der Waals surface area contributed by atoms with E-state index in [2.05, 4.69) is 10.6 Å². The Bertz CT molecular complexity index is 905. The highest BCUT2D eigenvalue weighted by molar-refractivity contribution is 7.89. The largest absolute Gasteiger partial charge is 0.322 e. The van der Waals surface area contributed by atoms with Crippen molar-refractivity contribution in [3.63, 3.8) is 0 Å². The van der Waals surface area contributed by atoms with Crippen LogP contribution in [0.25, 0.3) is 6.08 Å². The van der Waals surface area contributed by atoms with Gasteiger partial charge in [-0.2, -0.15) is 0 Å². The van der Waals surface area contributed by atoms with Gasteiger partial charge < -0.3 is 10.6 Å². The van der Waals surface area contributed by atoms with E-state index in [1.54, 1.807) is 24.3 Å². The molecule has 2 amide bonds. The quantitative estimate of drug-likeness (QED) is 0.700. The number of rotatable bonds is 5. The highest BCUT2D eigenvalue weighted by Gasteiger charge is 2.13. The standard InChI is InChI=1S/C17H17N3O4S/c1-12(21)19-16(11-13-5-3-2-4-6-13)17(22)20-14-7-9-15(10-8-14)25(18,23)24/h2-11H,1H3,(H,19,21)(H,20,22)(H2,18,23,24)/b16-11-. The van der Waals surface area contributed by atoms with E-state index in [0.717, 1.165) is 5.56 Å². The van der Waals surface area contributed by atoms with Gasteiger partial charge in [-0.3, -0.25) is 9.59 Å². The number of carbonyl (C=O) groups excluding carboxylic acids is 2. The van der Waals surface area contributed by atoms with Crippen molar-refractivity contribution in [3.05, 3.63) is 65.9 Å². The van der Waals surface area contributed by atoms with Gasteiger partial charge in [0.15, 0.2) is 0 Å². The maximum absolute atomic E-state index is 12.4. The van der Waals surface area contributed by atoms with Gasteiger partial charge in [-0.1, -0.05) is 30.3 Å². The lowest BCUT2D eigenvalue weighted by Crippen LogP contribution is -2.29. The SMILES string of the molecule is CC(=O)N/C(=C\c1ccccc1)C(=O)Nc1ccc(S(N)(=O)=O)cc1. The van der Waals surface area contributed by atoms with Crippen LogP contribution >= 0.6 is 0 Å². The van der Waals surface area contributed by atoms with Crippen molar-refractivity contribution < 1.29 is 18.0 Å². The Morgan fingerprint density at radius 1 is 1.00 bits per heavy atom. The van der Waals surface area contributed by atoms with Crippen LogP contribution in [0.1, 0.15) is 12.5 Å². The molecule has 0 atom stereocenters. The normalized spacial score (nSPS) is 11.7. The average Bonchev–Trinajstić information content (AvgIpc) is 2.54. The average molecular weight is 359 g/mol. The fourth-order valence-corrected chi connectivity index (χ4v) is 2.51. The van der Waals surface area contributed by atoms with Gasteiger partial charge in [0.1, 0.15) is 5.70 Å². The molecule has 2 aromatic rings. The second kappa shape index (κ2) is 7.73. The van der Waals surface area contributed by atoms with Crippen LogP contribution in [0.3, 0.4) is 0 Å². The van der Waals surface area contributed by atoms with E-state index < -0.39 is 15.9 Å². The van der Waals surface area contributed by atoms with Gasteiger partial charge >= 0.3 is 0 Å². The molecule has 7 nitrogen and oxygen atoms in total. The molecule has 0 radical (unpaired) electrons. The Kier molecular flexibility index (Phi) is 5.68. The summed E-state index contributed by atoms with van der Waals surface area (Å²) in [5.74, 6) is -0.927. The highest BCUT2D eigenvalue weighted by atomic mass is 32.2. The topological polar surface area (TPSA) is 118 Å². The molecule has 2 aromatic carbocycles. The van der Waals surface area contributed by atoms with Crippen molar-refractivity contribution in [2.75, 3.05) is 5.32 Å². The molecule has 8 heteroatoms. The van der Waals surface area contributed by atoms with Crippen LogP contribution in [0.5, 0.6) is 0 Å². The van der Waals surface area contributed by atoms with Gasteiger partial charge in [-0.15, -0.1) is 0 Å². The van der Waals surface area contributed by atoms with Crippen molar-refractivity contribution >= 4 is 33.6 Å². The molecule has 130 valence electrons. The van der Waals surface area contributed by atoms with Gasteiger partial charge in [0.05, 0.1) is 4.90 Å². The number of primary sulfonamides is 1. The molecule has 0 aliphatic carbocycles. The minimum absolute atomic E-state index is 0.0626. The van der Waals surface area contributed by atoms with E-state index in [1.165, 1.54) is 37.3 Å². The maximum Gasteiger partial charge on any atom is 0.272 e. The predicted octanol–water partition coefficient (Wildman–Crippen LogP) is 1.45. The Morgan fingerprint density at radius 2 is 1.60 bits per heavy atom. The predicted molar refractivity (Wildman–Crippen MR) is 94.7 cm³/mol. The third-order valence-electron chi connectivity index (χ3n) is 3.11. The van der Waals surface area contributed by atoms with Crippen molar-refractivity contribution in [1.82, 2.24) is 5.32 Å². The van der Waals surface area contributed by atoms with Crippen LogP contribution in [0.2, 0.25) is 0 Å². The first-order valence-electron chi connectivity index (χ1n) is 7.24. The van der Waals surface area contributed by atoms with Crippen LogP contribution in [0.15, 0.2) is 65.2 Å². The van der Waals surface area contributed by atoms with Gasteiger partial charge in [-0.05, 0) is 35.9 Å². The van der Waals surface area contributed by atoms with Crippen molar-refractivity contribution in [1.29, 1.82) is 0 Å². The molecular formula is C17H17N3O4S. The van der Waals surface area contributed by atoms with Gasteiger partial charge in [0.25, 0.3) is 5.91 Å². The van der Waals surface area contributed by atoms with E-state index in [4.69, 9.17) is 5.14 Å². The number of benzene rings is 2. The lowest BCUT2D eigenvalue weighted by atomic mass is 10.2. The Morgan fingerprint density at radius 3 is 2.12 bits per heavy atom. The lowest BCUT2D eigenvalue weighted by Gasteiger charge is -2.10. The monoisotopic (exact) mass is 359 g/mol. The Labute approximate surface area is 145 Å². The highest BCUT2D eigenvalue weighted by Crippen LogP contribution is 2.14. The first kappa shape index (κ1) is 18.4. The number of nitrogens with one attached hydrogen (secondary N) is 2. The Balaban J connectivity index is 2.22. The molecular weight excluding hydrogens is 342 g/mol. The number of amides is 2. The third-order valence-corrected chi connectivity index (χ3v) is 4.04. The molecule has 25 heavy (non-hydrogen) atoms. The minimum Gasteiger partial charge on any atom is -0.322 e. The van der Waals surface area contributed by atoms with Crippen LogP contribution in [-0.2, 0) is 19.6 Å². The third kappa shape index (κ3) is 5.55. The fourth-order valence-electron chi connectivity index (χ4n) is 1.99. The summed E-state index contributed by atoms with van der Waals surface area (Å²) in [6, 6.07) is 14.4. The van der Waals surface area contributed by atoms with Gasteiger partial charge in [0.2, 0.25) is 15.9 Å². The molecule has 0 aliphatic rings. The molecule has 0 spiro atoms. The second-order valence-electron chi connectivity index (χ2n) is 5.17. The van der Waals surface area contributed by atoms with Crippen LogP contribution < -0.4 is 15.8 Å². The zero-order valence-electron chi connectivity index (χ0n) is 13.4. The van der Waals surface area contributed by atoms with Gasteiger partial charge in [-0.25, -0.2) is 13.6 Å². The summed E-state index contributed by atoms with van der Waals surface area (Å²) in [7, 11) is -3.80. The first-order valence-corrected chi connectivity index (χ1v) is 8.79. The van der Waals surface area contributed by atoms with Crippen molar-refractivity contribution in [2.45, 2.75) is 11.8 Å². The molecule has 0 aliphatic heterocycles. The zero-order valence-corrected chi connectivity index (χ0v) is 14.2. The summed E-state index contributed by atoms with van der Waals surface area (Å²) in [6.07, 6.45) is 1.54. The number of hydrogen-bond donors (Lipinski definition) is 3. The summed E-state index contributed by atoms with van der Waals surface area (Å²) in [6.45, 7) is 1.30. The maximum atomic E-state index is 12.4. The van der Waals surface area contributed by atoms with Crippen molar-refractivity contribution in [2.24, 2.45) is 5.14 Å². The van der Waals surface area contributed by atoms with Crippen LogP contribution in [-0.4, -0.2) is 20.2 Å². The zero-order chi connectivity index (χ0) is 18.4. The molecule has 0 fully saturated rings. The van der Waals surface area contributed by atoms with E-state index in [0.29, 0.717) is 5.69 Å². The van der Waals surface area contributed by atoms with E-state index >= 15 is 0 Å². The lowest BCUT2D eigenvalue weighted by molar-refractivity contribution is -0.120. The number of hydrogen-bond acceptors (Lipinski definition) is 4. The molecule has 0 saturated carbocycles. The number of sulfonamides is 1. The molecule has 2 rings (SSSR count). The van der Waals surface area contributed by atoms with Gasteiger partial charge in [0, 0.05) is 12.6 Å². The minimum atomic E-state index is -3.80. The second-order valence-corrected chi connectivity index (χ2v) is 6.73. The molecule has 0 unspecified atom stereocenters. The smallest absolute Gasteiger partial charge is 0.272 e. The van der Waals surface area contributed by atoms with Crippen LogP contribution in [0, 0.1) is 0 Å². The summed E-state index contributed by atoms with van der Waals surface area (Å²) in [5, 5.41) is 10.1. The Hall–Kier alpha value is -2.97. The van der Waals surface area contributed by atoms with Crippen LogP contribution in [0.4, 0.5) is 5.69 Å². The number of nitrogens with two attached hydrogens (primary N) is 1.